The van der Waals surface area contributed by atoms with Crippen molar-refractivity contribution in [2.24, 2.45) is 0 Å². The lowest BCUT2D eigenvalue weighted by Crippen LogP contribution is -2.42. The SMILES string of the molecule is CCCN1CCc2c(sc(NC(=O)C(C)(C)Oc3ccc(Cl)cc3)c2C(=O)OC)C1.Cl. The number of ether oxygens (including phenoxy) is 2. The summed E-state index contributed by atoms with van der Waals surface area (Å²) in [6, 6.07) is 6.83. The van der Waals surface area contributed by atoms with Gasteiger partial charge in [-0.25, -0.2) is 4.79 Å². The Kier molecular flexibility index (Phi) is 8.77. The van der Waals surface area contributed by atoms with Crippen LogP contribution < -0.4 is 10.1 Å². The number of benzene rings is 1. The molecule has 0 aliphatic carbocycles. The van der Waals surface area contributed by atoms with Gasteiger partial charge < -0.3 is 14.8 Å². The van der Waals surface area contributed by atoms with Crippen LogP contribution in [-0.4, -0.2) is 42.6 Å². The van der Waals surface area contributed by atoms with Crippen LogP contribution in [0.4, 0.5) is 5.00 Å². The number of hydrogen-bond acceptors (Lipinski definition) is 6. The fraction of sp³-hybridized carbons (Fsp3) is 0.455. The van der Waals surface area contributed by atoms with E-state index in [-0.39, 0.29) is 18.3 Å². The van der Waals surface area contributed by atoms with E-state index in [4.69, 9.17) is 21.1 Å². The first-order valence-electron chi connectivity index (χ1n) is 9.96. The summed E-state index contributed by atoms with van der Waals surface area (Å²) in [5, 5.41) is 4.02. The Labute approximate surface area is 198 Å². The Balaban J connectivity index is 0.00000341. The topological polar surface area (TPSA) is 67.9 Å². The number of nitrogens with one attached hydrogen (secondary N) is 1. The first kappa shape index (κ1) is 25.5. The normalized spacial score (nSPS) is 13.7. The number of carbonyl (C=O) groups is 2. The van der Waals surface area contributed by atoms with Crippen molar-refractivity contribution in [3.05, 3.63) is 45.3 Å². The zero-order valence-electron chi connectivity index (χ0n) is 18.1. The standard InChI is InChI=1S/C22H27ClN2O4S.ClH/c1-5-11-25-12-10-16-17(13-25)30-19(18(16)20(26)28-4)24-21(27)22(2,3)29-15-8-6-14(23)7-9-15;/h6-9H,5,10-13H2,1-4H3,(H,24,27);1H. The molecule has 0 bridgehead atoms. The van der Waals surface area contributed by atoms with Gasteiger partial charge in [-0.15, -0.1) is 23.7 Å². The monoisotopic (exact) mass is 486 g/mol. The maximum Gasteiger partial charge on any atom is 0.341 e. The highest BCUT2D eigenvalue weighted by atomic mass is 35.5. The van der Waals surface area contributed by atoms with Gasteiger partial charge in [0.15, 0.2) is 5.60 Å². The number of esters is 1. The number of methoxy groups -OCH3 is 1. The predicted octanol–water partition coefficient (Wildman–Crippen LogP) is 5.17. The van der Waals surface area contributed by atoms with Crippen LogP contribution in [0.2, 0.25) is 5.02 Å². The average molecular weight is 487 g/mol. The molecule has 3 rings (SSSR count). The van der Waals surface area contributed by atoms with Crippen molar-refractivity contribution in [1.82, 2.24) is 4.90 Å². The minimum atomic E-state index is -1.15. The molecule has 0 spiro atoms. The minimum absolute atomic E-state index is 0. The summed E-state index contributed by atoms with van der Waals surface area (Å²) in [6.45, 7) is 8.20. The molecule has 31 heavy (non-hydrogen) atoms. The van der Waals surface area contributed by atoms with Crippen molar-refractivity contribution < 1.29 is 19.1 Å². The van der Waals surface area contributed by atoms with Gasteiger partial charge in [0, 0.05) is 23.0 Å². The predicted molar refractivity (Wildman–Crippen MR) is 127 cm³/mol. The van der Waals surface area contributed by atoms with E-state index in [2.05, 4.69) is 17.1 Å². The largest absolute Gasteiger partial charge is 0.478 e. The number of amides is 1. The Morgan fingerprint density at radius 1 is 1.26 bits per heavy atom. The lowest BCUT2D eigenvalue weighted by atomic mass is 10.0. The number of fused-ring (bicyclic) bond motifs is 1. The van der Waals surface area contributed by atoms with Gasteiger partial charge in [-0.2, -0.15) is 0 Å². The minimum Gasteiger partial charge on any atom is -0.478 e. The van der Waals surface area contributed by atoms with E-state index in [1.54, 1.807) is 38.1 Å². The third kappa shape index (κ3) is 5.92. The number of rotatable bonds is 7. The van der Waals surface area contributed by atoms with Crippen LogP contribution in [0.15, 0.2) is 24.3 Å². The van der Waals surface area contributed by atoms with Gasteiger partial charge in [0.1, 0.15) is 10.8 Å². The number of anilines is 1. The summed E-state index contributed by atoms with van der Waals surface area (Å²) in [4.78, 5) is 29.0. The first-order valence-corrected chi connectivity index (χ1v) is 11.2. The molecule has 0 unspecified atom stereocenters. The molecule has 170 valence electrons. The highest BCUT2D eigenvalue weighted by Crippen LogP contribution is 2.38. The van der Waals surface area contributed by atoms with E-state index in [9.17, 15) is 9.59 Å². The Morgan fingerprint density at radius 2 is 1.94 bits per heavy atom. The lowest BCUT2D eigenvalue weighted by Gasteiger charge is -2.26. The van der Waals surface area contributed by atoms with Crippen molar-refractivity contribution in [3.8, 4) is 5.75 Å². The third-order valence-electron chi connectivity index (χ3n) is 5.03. The molecule has 1 aromatic heterocycles. The van der Waals surface area contributed by atoms with Crippen molar-refractivity contribution in [1.29, 1.82) is 0 Å². The van der Waals surface area contributed by atoms with Gasteiger partial charge in [-0.3, -0.25) is 9.69 Å². The molecule has 9 heteroatoms. The molecule has 2 aromatic rings. The molecule has 6 nitrogen and oxygen atoms in total. The molecule has 1 aliphatic rings. The van der Waals surface area contributed by atoms with E-state index in [1.165, 1.54) is 18.4 Å². The number of carbonyl (C=O) groups excluding carboxylic acids is 2. The molecule has 0 fully saturated rings. The van der Waals surface area contributed by atoms with Gasteiger partial charge in [-0.05, 0) is 63.1 Å². The zero-order valence-corrected chi connectivity index (χ0v) is 20.5. The van der Waals surface area contributed by atoms with Crippen molar-refractivity contribution in [2.75, 3.05) is 25.5 Å². The molecule has 0 atom stereocenters. The van der Waals surface area contributed by atoms with Gasteiger partial charge in [-0.1, -0.05) is 18.5 Å². The number of hydrogen-bond donors (Lipinski definition) is 1. The van der Waals surface area contributed by atoms with Gasteiger partial charge in [0.25, 0.3) is 5.91 Å². The fourth-order valence-corrected chi connectivity index (χ4v) is 4.87. The smallest absolute Gasteiger partial charge is 0.341 e. The van der Waals surface area contributed by atoms with E-state index >= 15 is 0 Å². The molecule has 0 radical (unpaired) electrons. The van der Waals surface area contributed by atoms with Crippen molar-refractivity contribution in [3.63, 3.8) is 0 Å². The highest BCUT2D eigenvalue weighted by molar-refractivity contribution is 7.17. The molecular formula is C22H28Cl2N2O4S. The second-order valence-corrected chi connectivity index (χ2v) is 9.29. The summed E-state index contributed by atoms with van der Waals surface area (Å²) in [5.74, 6) is -0.233. The summed E-state index contributed by atoms with van der Waals surface area (Å²) < 4.78 is 10.9. The zero-order chi connectivity index (χ0) is 21.9. The second kappa shape index (κ2) is 10.7. The van der Waals surface area contributed by atoms with E-state index < -0.39 is 11.6 Å². The van der Waals surface area contributed by atoms with Gasteiger partial charge in [0.2, 0.25) is 0 Å². The van der Waals surface area contributed by atoms with Crippen LogP contribution in [0.1, 0.15) is 48.0 Å². The van der Waals surface area contributed by atoms with Gasteiger partial charge in [0.05, 0.1) is 12.7 Å². The third-order valence-corrected chi connectivity index (χ3v) is 6.41. The van der Waals surface area contributed by atoms with Crippen LogP contribution in [-0.2, 0) is 22.5 Å². The van der Waals surface area contributed by atoms with Crippen LogP contribution in [0.25, 0.3) is 0 Å². The highest BCUT2D eigenvalue weighted by Gasteiger charge is 2.34. The Bertz CT molecular complexity index is 928. The first-order chi connectivity index (χ1) is 14.2. The molecular weight excluding hydrogens is 459 g/mol. The van der Waals surface area contributed by atoms with Crippen LogP contribution in [0.5, 0.6) is 5.75 Å². The lowest BCUT2D eigenvalue weighted by molar-refractivity contribution is -0.128. The van der Waals surface area contributed by atoms with E-state index in [1.807, 2.05) is 0 Å². The molecule has 1 aromatic carbocycles. The summed E-state index contributed by atoms with van der Waals surface area (Å²) >= 11 is 7.35. The summed E-state index contributed by atoms with van der Waals surface area (Å²) in [5.41, 5.74) is 0.287. The Hall–Kier alpha value is -1.80. The van der Waals surface area contributed by atoms with Crippen LogP contribution in [0, 0.1) is 0 Å². The Morgan fingerprint density at radius 3 is 2.55 bits per heavy atom. The quantitative estimate of drug-likeness (QED) is 0.546. The van der Waals surface area contributed by atoms with Crippen molar-refractivity contribution in [2.45, 2.75) is 45.8 Å². The number of thiophene rings is 1. The molecule has 1 aliphatic heterocycles. The van der Waals surface area contributed by atoms with Gasteiger partial charge >= 0.3 is 5.97 Å². The molecule has 2 heterocycles. The molecule has 0 saturated carbocycles. The average Bonchev–Trinajstić information content (AvgIpc) is 3.06. The summed E-state index contributed by atoms with van der Waals surface area (Å²) in [7, 11) is 1.36. The maximum atomic E-state index is 13.0. The number of halogens is 2. The number of nitrogens with zero attached hydrogens (tertiary/aromatic N) is 1. The second-order valence-electron chi connectivity index (χ2n) is 7.75. The summed E-state index contributed by atoms with van der Waals surface area (Å²) in [6.07, 6.45) is 1.83. The van der Waals surface area contributed by atoms with E-state index in [0.29, 0.717) is 21.3 Å². The maximum absolute atomic E-state index is 13.0. The molecule has 0 saturated heterocycles. The van der Waals surface area contributed by atoms with E-state index in [0.717, 1.165) is 42.9 Å². The molecule has 1 amide bonds. The van der Waals surface area contributed by atoms with Crippen LogP contribution in [0.3, 0.4) is 0 Å². The van der Waals surface area contributed by atoms with Crippen LogP contribution >= 0.6 is 35.3 Å². The van der Waals surface area contributed by atoms with Crippen molar-refractivity contribution >= 4 is 52.2 Å². The molecule has 1 N–H and O–H groups in total. The fourth-order valence-electron chi connectivity index (χ4n) is 3.47.